The Hall–Kier alpha value is -5.08. The monoisotopic (exact) mass is 614 g/mol. The van der Waals surface area contributed by atoms with Gasteiger partial charge in [-0.05, 0) is 40.8 Å². The number of ether oxygens (including phenoxy) is 2. The summed E-state index contributed by atoms with van der Waals surface area (Å²) in [4.78, 5) is 47.3. The van der Waals surface area contributed by atoms with E-state index in [4.69, 9.17) is 9.47 Å². The van der Waals surface area contributed by atoms with Crippen molar-refractivity contribution in [2.45, 2.75) is 47.1 Å². The van der Waals surface area contributed by atoms with Gasteiger partial charge >= 0.3 is 12.0 Å². The van der Waals surface area contributed by atoms with E-state index in [9.17, 15) is 9.59 Å². The molecule has 2 aromatic heterocycles. The summed E-state index contributed by atoms with van der Waals surface area (Å²) in [6, 6.07) is 14.7. The number of benzene rings is 2. The van der Waals surface area contributed by atoms with Crippen molar-refractivity contribution in [2.24, 2.45) is 0 Å². The van der Waals surface area contributed by atoms with E-state index >= 15 is 0 Å². The lowest BCUT2D eigenvalue weighted by atomic mass is 9.95. The van der Waals surface area contributed by atoms with Crippen LogP contribution in [0.5, 0.6) is 12.0 Å². The van der Waals surface area contributed by atoms with E-state index in [-0.39, 0.29) is 23.8 Å². The van der Waals surface area contributed by atoms with Gasteiger partial charge in [0.1, 0.15) is 37.5 Å². The minimum absolute atomic E-state index is 0.0681. The third-order valence-electron chi connectivity index (χ3n) is 6.53. The first-order valence-electron chi connectivity index (χ1n) is 14.6. The first-order valence-corrected chi connectivity index (χ1v) is 14.6. The molecule has 0 saturated heterocycles. The number of rotatable bonds is 17. The van der Waals surface area contributed by atoms with Crippen LogP contribution in [-0.4, -0.2) is 67.9 Å². The Morgan fingerprint density at radius 2 is 1.29 bits per heavy atom. The summed E-state index contributed by atoms with van der Waals surface area (Å²) >= 11 is 0. The van der Waals surface area contributed by atoms with E-state index in [0.717, 1.165) is 27.8 Å². The number of nitrogens with zero attached hydrogens (tertiary/aromatic N) is 6. The van der Waals surface area contributed by atoms with Crippen molar-refractivity contribution in [1.29, 1.82) is 0 Å². The quantitative estimate of drug-likeness (QED) is 0.127. The fraction of sp³-hybridized carbons (Fsp3) is 0.355. The largest absolute Gasteiger partial charge is 0.459 e. The van der Waals surface area contributed by atoms with Gasteiger partial charge in [0.05, 0.1) is 13.1 Å². The maximum absolute atomic E-state index is 11.0. The highest BCUT2D eigenvalue weighted by molar-refractivity contribution is 5.73. The molecule has 0 bridgehead atoms. The zero-order chi connectivity index (χ0) is 31.9. The summed E-state index contributed by atoms with van der Waals surface area (Å²) in [6.45, 7) is 8.72. The van der Waals surface area contributed by atoms with Gasteiger partial charge in [0.25, 0.3) is 0 Å². The topological polar surface area (TPSA) is 178 Å². The molecule has 236 valence electrons. The molecule has 4 aromatic rings. The fourth-order valence-corrected chi connectivity index (χ4v) is 4.26. The van der Waals surface area contributed by atoms with Crippen LogP contribution in [0.25, 0.3) is 11.1 Å². The number of amides is 2. The molecule has 4 N–H and O–H groups in total. The smallest absolute Gasteiger partial charge is 0.320 e. The van der Waals surface area contributed by atoms with Gasteiger partial charge < -0.3 is 30.7 Å². The van der Waals surface area contributed by atoms with Crippen molar-refractivity contribution in [3.05, 3.63) is 83.5 Å². The molecule has 0 saturated carbocycles. The van der Waals surface area contributed by atoms with Crippen molar-refractivity contribution in [3.63, 3.8) is 0 Å². The average Bonchev–Trinajstić information content (AvgIpc) is 3.03. The normalized spacial score (nSPS) is 10.7. The highest BCUT2D eigenvalue weighted by atomic mass is 16.5. The second-order valence-corrected chi connectivity index (χ2v) is 10.1. The molecular formula is C31H38N10O4. The summed E-state index contributed by atoms with van der Waals surface area (Å²) in [5, 5.41) is 11.8. The summed E-state index contributed by atoms with van der Waals surface area (Å²) in [7, 11) is 0. The molecule has 4 rings (SSSR count). The zero-order valence-corrected chi connectivity index (χ0v) is 25.7. The van der Waals surface area contributed by atoms with Crippen LogP contribution >= 0.6 is 0 Å². The van der Waals surface area contributed by atoms with E-state index < -0.39 is 0 Å². The maximum atomic E-state index is 11.0. The minimum Gasteiger partial charge on any atom is -0.459 e. The van der Waals surface area contributed by atoms with Gasteiger partial charge in [0, 0.05) is 40.0 Å². The summed E-state index contributed by atoms with van der Waals surface area (Å²) < 4.78 is 11.8. The molecule has 0 atom stereocenters. The van der Waals surface area contributed by atoms with E-state index in [0.29, 0.717) is 64.1 Å². The van der Waals surface area contributed by atoms with Gasteiger partial charge in [0.15, 0.2) is 0 Å². The van der Waals surface area contributed by atoms with Crippen LogP contribution < -0.4 is 30.7 Å². The van der Waals surface area contributed by atoms with Crippen LogP contribution in [-0.2, 0) is 35.9 Å². The molecule has 2 heterocycles. The number of aromatic nitrogens is 6. The van der Waals surface area contributed by atoms with Gasteiger partial charge in [-0.3, -0.25) is 9.59 Å². The molecular weight excluding hydrogens is 576 g/mol. The van der Waals surface area contributed by atoms with Gasteiger partial charge in [-0.25, -0.2) is 9.97 Å². The molecule has 0 radical (unpaired) electrons. The molecule has 0 aliphatic carbocycles. The average molecular weight is 615 g/mol. The summed E-state index contributed by atoms with van der Waals surface area (Å²) in [5.74, 6) is 0.966. The van der Waals surface area contributed by atoms with Crippen molar-refractivity contribution in [3.8, 4) is 23.1 Å². The van der Waals surface area contributed by atoms with E-state index in [1.54, 1.807) is 0 Å². The van der Waals surface area contributed by atoms with E-state index in [1.807, 2.05) is 24.3 Å². The molecule has 14 heteroatoms. The Morgan fingerprint density at radius 1 is 0.711 bits per heavy atom. The number of carbonyl (C=O) groups excluding carboxylic acids is 2. The summed E-state index contributed by atoms with van der Waals surface area (Å²) in [5.41, 5.74) is 5.17. The minimum atomic E-state index is -0.0683. The predicted octanol–water partition coefficient (Wildman–Crippen LogP) is 1.64. The highest BCUT2D eigenvalue weighted by Gasteiger charge is 2.10. The molecule has 2 aromatic carbocycles. The van der Waals surface area contributed by atoms with E-state index in [1.165, 1.54) is 26.5 Å². The van der Waals surface area contributed by atoms with Crippen LogP contribution in [0.4, 0.5) is 0 Å². The SMILES string of the molecule is CC(=O)NCCNCc1ncnc(OCc2cccc(-c3cccc(COc4ncnc(CNCCNC(C)=O)n4)c3C)c2)n1. The third-order valence-corrected chi connectivity index (χ3v) is 6.53. The predicted molar refractivity (Wildman–Crippen MR) is 166 cm³/mol. The Bertz CT molecular complexity index is 1570. The lowest BCUT2D eigenvalue weighted by Crippen LogP contribution is -2.30. The van der Waals surface area contributed by atoms with Crippen LogP contribution in [0.15, 0.2) is 55.1 Å². The molecule has 0 unspecified atom stereocenters. The van der Waals surface area contributed by atoms with Gasteiger partial charge in [-0.1, -0.05) is 36.4 Å². The van der Waals surface area contributed by atoms with Gasteiger partial charge in [0.2, 0.25) is 11.8 Å². The molecule has 0 aliphatic rings. The van der Waals surface area contributed by atoms with Crippen molar-refractivity contribution < 1.29 is 19.1 Å². The molecule has 0 aliphatic heterocycles. The first-order chi connectivity index (χ1) is 21.9. The summed E-state index contributed by atoms with van der Waals surface area (Å²) in [6.07, 6.45) is 2.85. The van der Waals surface area contributed by atoms with Crippen LogP contribution in [0.3, 0.4) is 0 Å². The van der Waals surface area contributed by atoms with Crippen LogP contribution in [0.2, 0.25) is 0 Å². The fourth-order valence-electron chi connectivity index (χ4n) is 4.26. The first kappa shape index (κ1) is 32.8. The molecule has 45 heavy (non-hydrogen) atoms. The zero-order valence-electron chi connectivity index (χ0n) is 25.7. The molecule has 2 amide bonds. The number of nitrogens with one attached hydrogen (secondary N) is 4. The Kier molecular flexibility index (Phi) is 12.6. The third kappa shape index (κ3) is 11.2. The maximum Gasteiger partial charge on any atom is 0.320 e. The Morgan fingerprint density at radius 3 is 1.89 bits per heavy atom. The van der Waals surface area contributed by atoms with Crippen molar-refractivity contribution in [1.82, 2.24) is 51.2 Å². The number of hydrogen-bond acceptors (Lipinski definition) is 12. The van der Waals surface area contributed by atoms with E-state index in [2.05, 4.69) is 76.3 Å². The lowest BCUT2D eigenvalue weighted by molar-refractivity contribution is -0.119. The lowest BCUT2D eigenvalue weighted by Gasteiger charge is -2.13. The highest BCUT2D eigenvalue weighted by Crippen LogP contribution is 2.27. The second-order valence-electron chi connectivity index (χ2n) is 10.1. The van der Waals surface area contributed by atoms with Crippen molar-refractivity contribution >= 4 is 11.8 Å². The van der Waals surface area contributed by atoms with Gasteiger partial charge in [-0.15, -0.1) is 0 Å². The standard InChI is InChI=1S/C31H38N10O4/c1-21-26(18-45-31-39-20-37-29(41-31)16-33-11-13-35-23(3)43)8-5-9-27(21)25-7-4-6-24(14-25)17-44-30-38-19-36-28(40-30)15-32-10-12-34-22(2)42/h4-9,14,19-20,32-33H,10-13,15-18H2,1-3H3,(H,34,42)(H,35,43). The van der Waals surface area contributed by atoms with Crippen LogP contribution in [0, 0.1) is 6.92 Å². The number of hydrogen-bond donors (Lipinski definition) is 4. The molecule has 0 spiro atoms. The number of carbonyl (C=O) groups is 2. The van der Waals surface area contributed by atoms with Crippen LogP contribution in [0.1, 0.15) is 42.2 Å². The second kappa shape index (κ2) is 17.3. The molecule has 0 fully saturated rings. The Balaban J connectivity index is 1.31. The van der Waals surface area contributed by atoms with Crippen molar-refractivity contribution in [2.75, 3.05) is 26.2 Å². The van der Waals surface area contributed by atoms with Gasteiger partial charge in [-0.2, -0.15) is 19.9 Å². The molecule has 14 nitrogen and oxygen atoms in total. The Labute approximate surface area is 261 Å².